The molecular formula is C15H19NO2S. The number of aliphatic hydroxyl groups excluding tert-OH is 1. The van der Waals surface area contributed by atoms with Crippen molar-refractivity contribution in [2.45, 2.75) is 30.8 Å². The van der Waals surface area contributed by atoms with Crippen LogP contribution >= 0.6 is 12.6 Å². The fourth-order valence-electron chi connectivity index (χ4n) is 3.41. The van der Waals surface area contributed by atoms with Gasteiger partial charge < -0.3 is 10.0 Å². The molecule has 1 aromatic carbocycles. The summed E-state index contributed by atoms with van der Waals surface area (Å²) in [7, 11) is 0. The van der Waals surface area contributed by atoms with E-state index < -0.39 is 0 Å². The van der Waals surface area contributed by atoms with Crippen molar-refractivity contribution in [2.24, 2.45) is 11.8 Å². The second-order valence-electron chi connectivity index (χ2n) is 5.78. The number of amides is 1. The first-order chi connectivity index (χ1) is 9.06. The third-order valence-electron chi connectivity index (χ3n) is 4.56. The van der Waals surface area contributed by atoms with Gasteiger partial charge in [0.1, 0.15) is 0 Å². The highest BCUT2D eigenvalue weighted by atomic mass is 32.1. The van der Waals surface area contributed by atoms with E-state index >= 15 is 0 Å². The molecule has 1 aliphatic carbocycles. The van der Waals surface area contributed by atoms with Crippen LogP contribution in [0.2, 0.25) is 0 Å². The number of hydrogen-bond donors (Lipinski definition) is 2. The van der Waals surface area contributed by atoms with Crippen molar-refractivity contribution in [1.29, 1.82) is 0 Å². The molecular weight excluding hydrogens is 258 g/mol. The van der Waals surface area contributed by atoms with Gasteiger partial charge in [-0.3, -0.25) is 4.79 Å². The van der Waals surface area contributed by atoms with E-state index in [1.54, 1.807) is 0 Å². The van der Waals surface area contributed by atoms with Gasteiger partial charge in [0.05, 0.1) is 6.10 Å². The molecule has 3 atom stereocenters. The average Bonchev–Trinajstić information content (AvgIpc) is 2.94. The minimum Gasteiger partial charge on any atom is -0.393 e. The average molecular weight is 277 g/mol. The minimum absolute atomic E-state index is 0.0787. The van der Waals surface area contributed by atoms with Crippen LogP contribution in [0.25, 0.3) is 0 Å². The number of likely N-dealkylation sites (tertiary alicyclic amines) is 1. The van der Waals surface area contributed by atoms with Crippen molar-refractivity contribution in [1.82, 2.24) is 4.90 Å². The Bertz CT molecular complexity index is 517. The zero-order chi connectivity index (χ0) is 13.6. The molecule has 2 fully saturated rings. The van der Waals surface area contributed by atoms with Crippen LogP contribution in [0.3, 0.4) is 0 Å². The van der Waals surface area contributed by atoms with E-state index in [9.17, 15) is 9.90 Å². The zero-order valence-electron chi connectivity index (χ0n) is 11.0. The molecule has 1 heterocycles. The number of carbonyl (C=O) groups is 1. The molecule has 1 aliphatic heterocycles. The molecule has 102 valence electrons. The molecule has 1 N–H and O–H groups in total. The molecule has 3 rings (SSSR count). The van der Waals surface area contributed by atoms with E-state index in [-0.39, 0.29) is 17.9 Å². The normalized spacial score (nSPS) is 29.6. The van der Waals surface area contributed by atoms with E-state index in [1.807, 2.05) is 30.0 Å². The van der Waals surface area contributed by atoms with Crippen LogP contribution in [-0.2, 0) is 0 Å². The first-order valence-electron chi connectivity index (χ1n) is 6.83. The zero-order valence-corrected chi connectivity index (χ0v) is 11.9. The third-order valence-corrected chi connectivity index (χ3v) is 4.84. The SMILES string of the molecule is Cc1ccc(S)cc1C(=O)N1CC2CCC(O)C2C1. The minimum atomic E-state index is -0.222. The molecule has 19 heavy (non-hydrogen) atoms. The van der Waals surface area contributed by atoms with Gasteiger partial charge in [0.2, 0.25) is 0 Å². The number of aliphatic hydroxyl groups is 1. The lowest BCUT2D eigenvalue weighted by atomic mass is 10.00. The van der Waals surface area contributed by atoms with Gasteiger partial charge in [-0.2, -0.15) is 0 Å². The van der Waals surface area contributed by atoms with Gasteiger partial charge in [-0.15, -0.1) is 12.6 Å². The Balaban J connectivity index is 1.80. The number of nitrogens with zero attached hydrogens (tertiary/aromatic N) is 1. The summed E-state index contributed by atoms with van der Waals surface area (Å²) < 4.78 is 0. The summed E-state index contributed by atoms with van der Waals surface area (Å²) in [6, 6.07) is 5.67. The van der Waals surface area contributed by atoms with Crippen molar-refractivity contribution >= 4 is 18.5 Å². The van der Waals surface area contributed by atoms with Gasteiger partial charge in [0.25, 0.3) is 5.91 Å². The lowest BCUT2D eigenvalue weighted by molar-refractivity contribution is 0.0751. The Morgan fingerprint density at radius 3 is 2.89 bits per heavy atom. The first-order valence-corrected chi connectivity index (χ1v) is 7.28. The summed E-state index contributed by atoms with van der Waals surface area (Å²) in [5.41, 5.74) is 1.72. The standard InChI is InChI=1S/C15H19NO2S/c1-9-2-4-11(19)6-12(9)15(18)16-7-10-3-5-14(17)13(10)8-16/h2,4,6,10,13-14,17,19H,3,5,7-8H2,1H3. The highest BCUT2D eigenvalue weighted by Gasteiger charge is 2.43. The predicted octanol–water partition coefficient (Wildman–Crippen LogP) is 2.13. The molecule has 1 amide bonds. The van der Waals surface area contributed by atoms with E-state index in [0.29, 0.717) is 12.5 Å². The Kier molecular flexibility index (Phi) is 3.31. The molecule has 3 nitrogen and oxygen atoms in total. The van der Waals surface area contributed by atoms with E-state index in [1.165, 1.54) is 0 Å². The van der Waals surface area contributed by atoms with Crippen molar-refractivity contribution in [3.8, 4) is 0 Å². The Morgan fingerprint density at radius 2 is 2.16 bits per heavy atom. The van der Waals surface area contributed by atoms with Crippen LogP contribution in [0.1, 0.15) is 28.8 Å². The summed E-state index contributed by atoms with van der Waals surface area (Å²) in [4.78, 5) is 15.3. The van der Waals surface area contributed by atoms with Crippen LogP contribution in [0, 0.1) is 18.8 Å². The molecule has 3 unspecified atom stereocenters. The summed E-state index contributed by atoms with van der Waals surface area (Å²) in [6.07, 6.45) is 1.71. The summed E-state index contributed by atoms with van der Waals surface area (Å²) in [6.45, 7) is 3.43. The van der Waals surface area contributed by atoms with Gasteiger partial charge in [0.15, 0.2) is 0 Å². The molecule has 1 saturated carbocycles. The second-order valence-corrected chi connectivity index (χ2v) is 6.29. The molecule has 4 heteroatoms. The van der Waals surface area contributed by atoms with Gasteiger partial charge in [-0.05, 0) is 43.4 Å². The number of thiol groups is 1. The molecule has 0 radical (unpaired) electrons. The molecule has 1 saturated heterocycles. The topological polar surface area (TPSA) is 40.5 Å². The summed E-state index contributed by atoms with van der Waals surface area (Å²) >= 11 is 4.31. The second kappa shape index (κ2) is 4.84. The fraction of sp³-hybridized carbons (Fsp3) is 0.533. The van der Waals surface area contributed by atoms with Gasteiger partial charge in [0, 0.05) is 29.5 Å². The first kappa shape index (κ1) is 13.0. The van der Waals surface area contributed by atoms with Gasteiger partial charge >= 0.3 is 0 Å². The third kappa shape index (κ3) is 2.28. The molecule has 2 aliphatic rings. The van der Waals surface area contributed by atoms with Crippen molar-refractivity contribution < 1.29 is 9.90 Å². The monoisotopic (exact) mass is 277 g/mol. The molecule has 0 aromatic heterocycles. The maximum Gasteiger partial charge on any atom is 0.254 e. The number of benzene rings is 1. The number of carbonyl (C=O) groups excluding carboxylic acids is 1. The van der Waals surface area contributed by atoms with Crippen LogP contribution in [0.5, 0.6) is 0 Å². The Morgan fingerprint density at radius 1 is 1.37 bits per heavy atom. The highest BCUT2D eigenvalue weighted by molar-refractivity contribution is 7.80. The lowest BCUT2D eigenvalue weighted by Gasteiger charge is -2.19. The number of fused-ring (bicyclic) bond motifs is 1. The van der Waals surface area contributed by atoms with Gasteiger partial charge in [-0.1, -0.05) is 6.07 Å². The van der Waals surface area contributed by atoms with Gasteiger partial charge in [-0.25, -0.2) is 0 Å². The number of aryl methyl sites for hydroxylation is 1. The smallest absolute Gasteiger partial charge is 0.254 e. The molecule has 0 spiro atoms. The maximum atomic E-state index is 12.6. The largest absolute Gasteiger partial charge is 0.393 e. The quantitative estimate of drug-likeness (QED) is 0.772. The highest BCUT2D eigenvalue weighted by Crippen LogP contribution is 2.38. The van der Waals surface area contributed by atoms with Crippen molar-refractivity contribution in [3.05, 3.63) is 29.3 Å². The Labute approximate surface area is 119 Å². The van der Waals surface area contributed by atoms with E-state index in [0.717, 1.165) is 35.4 Å². The molecule has 0 bridgehead atoms. The van der Waals surface area contributed by atoms with Crippen LogP contribution in [0.4, 0.5) is 0 Å². The molecule has 1 aromatic rings. The predicted molar refractivity (Wildman–Crippen MR) is 76.6 cm³/mol. The van der Waals surface area contributed by atoms with Crippen LogP contribution < -0.4 is 0 Å². The fourth-order valence-corrected chi connectivity index (χ4v) is 3.62. The van der Waals surface area contributed by atoms with Crippen LogP contribution in [0.15, 0.2) is 23.1 Å². The van der Waals surface area contributed by atoms with Crippen LogP contribution in [-0.4, -0.2) is 35.1 Å². The maximum absolute atomic E-state index is 12.6. The Hall–Kier alpha value is -1.00. The van der Waals surface area contributed by atoms with Crippen molar-refractivity contribution in [3.63, 3.8) is 0 Å². The number of rotatable bonds is 1. The summed E-state index contributed by atoms with van der Waals surface area (Å²) in [5, 5.41) is 9.92. The van der Waals surface area contributed by atoms with E-state index in [4.69, 9.17) is 0 Å². The summed E-state index contributed by atoms with van der Waals surface area (Å²) in [5.74, 6) is 0.844. The number of hydrogen-bond acceptors (Lipinski definition) is 3. The van der Waals surface area contributed by atoms with E-state index in [2.05, 4.69) is 12.6 Å². The van der Waals surface area contributed by atoms with Crippen molar-refractivity contribution in [2.75, 3.05) is 13.1 Å². The lowest BCUT2D eigenvalue weighted by Crippen LogP contribution is -2.31.